The van der Waals surface area contributed by atoms with Gasteiger partial charge in [0.2, 0.25) is 0 Å². The zero-order chi connectivity index (χ0) is 23.5. The average Bonchev–Trinajstić information content (AvgIpc) is 2.89. The van der Waals surface area contributed by atoms with Crippen molar-refractivity contribution in [2.45, 2.75) is 32.2 Å². The number of aromatic nitrogens is 4. The number of hydrogen-bond acceptors (Lipinski definition) is 8. The molecule has 1 aliphatic heterocycles. The molecule has 0 atom stereocenters. The molecule has 3 aromatic heterocycles. The Hall–Kier alpha value is -2.78. The summed E-state index contributed by atoms with van der Waals surface area (Å²) in [5.74, 6) is 0. The maximum absolute atomic E-state index is 5.17. The number of pyridine rings is 2. The van der Waals surface area contributed by atoms with Crippen LogP contribution >= 0.6 is 0 Å². The summed E-state index contributed by atoms with van der Waals surface area (Å²) in [6, 6.07) is 8.46. The molecular formula is C27H34N8. The Labute approximate surface area is 205 Å². The van der Waals surface area contributed by atoms with E-state index in [2.05, 4.69) is 39.0 Å². The van der Waals surface area contributed by atoms with Crippen molar-refractivity contribution in [1.82, 2.24) is 40.8 Å². The van der Waals surface area contributed by atoms with Crippen LogP contribution in [0.2, 0.25) is 0 Å². The molecule has 0 amide bonds. The summed E-state index contributed by atoms with van der Waals surface area (Å²) < 4.78 is 0. The van der Waals surface area contributed by atoms with Crippen molar-refractivity contribution in [3.63, 3.8) is 0 Å². The molecule has 0 radical (unpaired) electrons. The van der Waals surface area contributed by atoms with E-state index < -0.39 is 0 Å². The zero-order valence-corrected chi connectivity index (χ0v) is 20.3. The predicted octanol–water partition coefficient (Wildman–Crippen LogP) is 2.19. The largest absolute Gasteiger partial charge is 0.314 e. The van der Waals surface area contributed by atoms with Crippen LogP contribution in [0.5, 0.6) is 0 Å². The molecular weight excluding hydrogens is 436 g/mol. The average molecular weight is 471 g/mol. The molecule has 0 bridgehead atoms. The van der Waals surface area contributed by atoms with E-state index in [-0.39, 0.29) is 0 Å². The fraction of sp³-hybridized carbons (Fsp3) is 0.481. The highest BCUT2D eigenvalue weighted by Crippen LogP contribution is 2.33. The van der Waals surface area contributed by atoms with Crippen molar-refractivity contribution in [2.75, 3.05) is 52.4 Å². The second-order valence-corrected chi connectivity index (χ2v) is 9.65. The van der Waals surface area contributed by atoms with Crippen molar-refractivity contribution in [1.29, 1.82) is 0 Å². The molecule has 0 spiro atoms. The number of hydrogen-bond donors (Lipinski definition) is 3. The fourth-order valence-corrected chi connectivity index (χ4v) is 5.31. The molecule has 3 N–H and O–H groups in total. The molecule has 8 heteroatoms. The van der Waals surface area contributed by atoms with Crippen molar-refractivity contribution < 1.29 is 0 Å². The van der Waals surface area contributed by atoms with Gasteiger partial charge in [0.25, 0.3) is 0 Å². The van der Waals surface area contributed by atoms with Gasteiger partial charge < -0.3 is 16.0 Å². The van der Waals surface area contributed by atoms with Crippen LogP contribution in [-0.2, 0) is 19.4 Å². The molecule has 35 heavy (non-hydrogen) atoms. The number of nitrogens with zero attached hydrogens (tertiary/aromatic N) is 5. The Balaban J connectivity index is 1.37. The Morgan fingerprint density at radius 2 is 1.26 bits per heavy atom. The molecule has 4 heterocycles. The van der Waals surface area contributed by atoms with E-state index in [1.54, 1.807) is 0 Å². The van der Waals surface area contributed by atoms with Crippen LogP contribution in [0.4, 0.5) is 0 Å². The molecule has 0 unspecified atom stereocenters. The van der Waals surface area contributed by atoms with Gasteiger partial charge in [-0.25, -0.2) is 15.0 Å². The minimum Gasteiger partial charge on any atom is -0.314 e. The van der Waals surface area contributed by atoms with Gasteiger partial charge in [-0.15, -0.1) is 0 Å². The lowest BCUT2D eigenvalue weighted by Crippen LogP contribution is -2.41. The first-order valence-electron chi connectivity index (χ1n) is 13.1. The molecule has 4 aromatic rings. The van der Waals surface area contributed by atoms with E-state index in [4.69, 9.17) is 19.9 Å². The minimum absolute atomic E-state index is 0.819. The third-order valence-electron chi connectivity index (χ3n) is 7.18. The second kappa shape index (κ2) is 10.5. The van der Waals surface area contributed by atoms with E-state index in [0.717, 1.165) is 122 Å². The first kappa shape index (κ1) is 22.7. The van der Waals surface area contributed by atoms with Crippen molar-refractivity contribution in [2.24, 2.45) is 0 Å². The van der Waals surface area contributed by atoms with Crippen molar-refractivity contribution in [3.8, 4) is 0 Å². The summed E-state index contributed by atoms with van der Waals surface area (Å²) >= 11 is 0. The first-order chi connectivity index (χ1) is 17.4. The van der Waals surface area contributed by atoms with Crippen LogP contribution in [0.3, 0.4) is 0 Å². The summed E-state index contributed by atoms with van der Waals surface area (Å²) in [5, 5.41) is 12.7. The molecule has 2 aliphatic rings. The first-order valence-corrected chi connectivity index (χ1v) is 13.1. The second-order valence-electron chi connectivity index (χ2n) is 9.65. The summed E-state index contributed by atoms with van der Waals surface area (Å²) in [4.78, 5) is 22.6. The highest BCUT2D eigenvalue weighted by molar-refractivity contribution is 6.20. The minimum atomic E-state index is 0.819. The van der Waals surface area contributed by atoms with Gasteiger partial charge in [-0.2, -0.15) is 0 Å². The lowest BCUT2D eigenvalue weighted by molar-refractivity contribution is 0.260. The SMILES string of the molecule is c1cnc2c(c1)c1nc3c(nc1c1ccc(CN4CCNCCNCCNCC4)nc12)CCCC3. The number of nitrogens with one attached hydrogen (secondary N) is 3. The van der Waals surface area contributed by atoms with Gasteiger partial charge in [0.1, 0.15) is 0 Å². The normalized spacial score (nSPS) is 18.9. The number of aryl methyl sites for hydroxylation is 2. The fourth-order valence-electron chi connectivity index (χ4n) is 5.31. The maximum Gasteiger partial charge on any atom is 0.0992 e. The molecule has 8 nitrogen and oxygen atoms in total. The Bertz CT molecular complexity index is 1330. The quantitative estimate of drug-likeness (QED) is 0.384. The molecule has 0 saturated carbocycles. The highest BCUT2D eigenvalue weighted by Gasteiger charge is 2.19. The van der Waals surface area contributed by atoms with Gasteiger partial charge in [0.05, 0.1) is 39.1 Å². The van der Waals surface area contributed by atoms with Crippen molar-refractivity contribution in [3.05, 3.63) is 47.5 Å². The lowest BCUT2D eigenvalue weighted by atomic mass is 9.99. The van der Waals surface area contributed by atoms with E-state index in [1.807, 2.05) is 12.3 Å². The number of fused-ring (bicyclic) bond motifs is 7. The van der Waals surface area contributed by atoms with Crippen LogP contribution in [0, 0.1) is 0 Å². The Kier molecular flexibility index (Phi) is 6.77. The Morgan fingerprint density at radius 1 is 0.657 bits per heavy atom. The highest BCUT2D eigenvalue weighted by atomic mass is 15.2. The zero-order valence-electron chi connectivity index (χ0n) is 20.3. The van der Waals surface area contributed by atoms with Crippen LogP contribution in [0.15, 0.2) is 30.5 Å². The number of rotatable bonds is 2. The van der Waals surface area contributed by atoms with Gasteiger partial charge in [-0.1, -0.05) is 0 Å². The summed E-state index contributed by atoms with van der Waals surface area (Å²) in [6.07, 6.45) is 6.28. The smallest absolute Gasteiger partial charge is 0.0992 e. The third-order valence-corrected chi connectivity index (χ3v) is 7.18. The van der Waals surface area contributed by atoms with E-state index in [0.29, 0.717) is 0 Å². The number of benzene rings is 1. The topological polar surface area (TPSA) is 90.9 Å². The van der Waals surface area contributed by atoms with Crippen LogP contribution in [-0.4, -0.2) is 77.2 Å². The van der Waals surface area contributed by atoms with Crippen LogP contribution < -0.4 is 16.0 Å². The van der Waals surface area contributed by atoms with Crippen LogP contribution in [0.25, 0.3) is 32.8 Å². The van der Waals surface area contributed by atoms with Gasteiger partial charge in [-0.3, -0.25) is 9.88 Å². The molecule has 1 saturated heterocycles. The van der Waals surface area contributed by atoms with Gasteiger partial charge in [-0.05, 0) is 49.9 Å². The van der Waals surface area contributed by atoms with Crippen molar-refractivity contribution >= 4 is 32.8 Å². The maximum atomic E-state index is 5.17. The molecule has 1 fully saturated rings. The third kappa shape index (κ3) is 4.84. The standard InChI is InChI=1S/C27H34N8/c1-2-6-23-22(5-1)33-26-20-4-3-9-31-24(20)25-21(27(26)34-23)8-7-19(32-25)18-35-16-14-29-12-10-28-11-13-30-15-17-35/h3-4,7-9,28-30H,1-2,5-6,10-18H2. The van der Waals surface area contributed by atoms with Gasteiger partial charge >= 0.3 is 0 Å². The molecule has 1 aliphatic carbocycles. The predicted molar refractivity (Wildman–Crippen MR) is 141 cm³/mol. The lowest BCUT2D eigenvalue weighted by Gasteiger charge is -2.23. The summed E-state index contributed by atoms with van der Waals surface area (Å²) in [6.45, 7) is 8.78. The van der Waals surface area contributed by atoms with Crippen LogP contribution in [0.1, 0.15) is 29.9 Å². The summed E-state index contributed by atoms with van der Waals surface area (Å²) in [5.41, 5.74) is 7.18. The van der Waals surface area contributed by atoms with E-state index in [9.17, 15) is 0 Å². The molecule has 6 rings (SSSR count). The molecule has 182 valence electrons. The monoisotopic (exact) mass is 470 g/mol. The van der Waals surface area contributed by atoms with E-state index in [1.165, 1.54) is 12.8 Å². The Morgan fingerprint density at radius 3 is 1.94 bits per heavy atom. The van der Waals surface area contributed by atoms with E-state index >= 15 is 0 Å². The van der Waals surface area contributed by atoms with Gasteiger partial charge in [0, 0.05) is 75.9 Å². The molecule has 1 aromatic carbocycles. The summed E-state index contributed by atoms with van der Waals surface area (Å²) in [7, 11) is 0. The van der Waals surface area contributed by atoms with Gasteiger partial charge in [0.15, 0.2) is 0 Å².